The number of hydrogen-bond donors (Lipinski definition) is 1. The summed E-state index contributed by atoms with van der Waals surface area (Å²) < 4.78 is 0. The van der Waals surface area contributed by atoms with Gasteiger partial charge in [0, 0.05) is 18.6 Å². The number of hydrogen-bond acceptors (Lipinski definition) is 2. The van der Waals surface area contributed by atoms with E-state index < -0.39 is 0 Å². The fourth-order valence-corrected chi connectivity index (χ4v) is 3.89. The van der Waals surface area contributed by atoms with Crippen LogP contribution in [0.4, 0.5) is 0 Å². The van der Waals surface area contributed by atoms with Crippen LogP contribution < -0.4 is 5.73 Å². The van der Waals surface area contributed by atoms with Crippen LogP contribution >= 0.6 is 0 Å². The Morgan fingerprint density at radius 1 is 0.810 bits per heavy atom. The Bertz CT molecular complexity index is 255. The second kappa shape index (κ2) is 9.15. The first-order chi connectivity index (χ1) is 9.90. The highest BCUT2D eigenvalue weighted by Gasteiger charge is 2.34. The van der Waals surface area contributed by atoms with E-state index in [4.69, 9.17) is 5.73 Å². The molecule has 1 fully saturated rings. The van der Waals surface area contributed by atoms with Gasteiger partial charge in [0.2, 0.25) is 0 Å². The Balaban J connectivity index is 2.70. The van der Waals surface area contributed by atoms with Crippen LogP contribution in [-0.4, -0.2) is 30.6 Å². The maximum absolute atomic E-state index is 6.30. The predicted octanol–water partition coefficient (Wildman–Crippen LogP) is 4.97. The highest BCUT2D eigenvalue weighted by atomic mass is 15.2. The Morgan fingerprint density at radius 2 is 1.19 bits per heavy atom. The lowest BCUT2D eigenvalue weighted by molar-refractivity contribution is 0.0653. The molecule has 0 atom stereocenters. The quantitative estimate of drug-likeness (QED) is 0.797. The number of nitrogens with two attached hydrogens (primary N) is 1. The zero-order valence-corrected chi connectivity index (χ0v) is 15.2. The summed E-state index contributed by atoms with van der Waals surface area (Å²) in [6.07, 6.45) is 15.2. The smallest absolute Gasteiger partial charge is 0.0328 e. The molecule has 0 aliphatic heterocycles. The maximum Gasteiger partial charge on any atom is 0.0328 e. The molecule has 0 heterocycles. The van der Waals surface area contributed by atoms with Gasteiger partial charge in [0.1, 0.15) is 0 Å². The van der Waals surface area contributed by atoms with Crippen LogP contribution in [0.1, 0.15) is 91.4 Å². The molecule has 1 rings (SSSR count). The molecule has 0 saturated heterocycles. The third-order valence-electron chi connectivity index (χ3n) is 5.19. The minimum Gasteiger partial charge on any atom is -0.329 e. The van der Waals surface area contributed by atoms with Gasteiger partial charge < -0.3 is 5.73 Å². The number of nitrogens with zero attached hydrogens (tertiary/aromatic N) is 1. The molecule has 2 heteroatoms. The van der Waals surface area contributed by atoms with Crippen molar-refractivity contribution in [1.29, 1.82) is 0 Å². The van der Waals surface area contributed by atoms with E-state index in [2.05, 4.69) is 32.7 Å². The summed E-state index contributed by atoms with van der Waals surface area (Å²) in [7, 11) is 2.31. The van der Waals surface area contributed by atoms with Gasteiger partial charge in [0.25, 0.3) is 0 Å². The molecule has 2 nitrogen and oxygen atoms in total. The SMILES string of the molecule is CN(CC(C)(C)C)C1(CN)CCCCCCCCCCC1. The second-order valence-corrected chi connectivity index (χ2v) is 8.53. The molecule has 1 aliphatic carbocycles. The summed E-state index contributed by atoms with van der Waals surface area (Å²) in [4.78, 5) is 2.60. The number of rotatable bonds is 3. The highest BCUT2D eigenvalue weighted by molar-refractivity contribution is 4.92. The molecule has 0 spiro atoms. The van der Waals surface area contributed by atoms with Gasteiger partial charge in [-0.25, -0.2) is 0 Å². The molecule has 1 saturated carbocycles. The average Bonchev–Trinajstić information content (AvgIpc) is 2.38. The number of likely N-dealkylation sites (N-methyl/N-ethyl adjacent to an activating group) is 1. The lowest BCUT2D eigenvalue weighted by Crippen LogP contribution is -2.54. The molecule has 126 valence electrons. The van der Waals surface area contributed by atoms with Crippen LogP contribution in [0.5, 0.6) is 0 Å². The summed E-state index contributed by atoms with van der Waals surface area (Å²) in [5.41, 5.74) is 6.89. The van der Waals surface area contributed by atoms with Crippen molar-refractivity contribution >= 4 is 0 Å². The Morgan fingerprint density at radius 3 is 1.52 bits per heavy atom. The zero-order chi connectivity index (χ0) is 15.8. The molecule has 2 N–H and O–H groups in total. The lowest BCUT2D eigenvalue weighted by Gasteiger charge is -2.44. The van der Waals surface area contributed by atoms with E-state index in [0.717, 1.165) is 13.1 Å². The van der Waals surface area contributed by atoms with E-state index in [1.807, 2.05) is 0 Å². The van der Waals surface area contributed by atoms with Crippen LogP contribution in [0.25, 0.3) is 0 Å². The maximum atomic E-state index is 6.30. The van der Waals surface area contributed by atoms with E-state index >= 15 is 0 Å². The van der Waals surface area contributed by atoms with Gasteiger partial charge in [0.05, 0.1) is 0 Å². The van der Waals surface area contributed by atoms with E-state index in [0.29, 0.717) is 5.41 Å². The third kappa shape index (κ3) is 7.15. The van der Waals surface area contributed by atoms with Crippen molar-refractivity contribution in [1.82, 2.24) is 4.90 Å². The standard InChI is InChI=1S/C19H40N2/c1-18(2,3)17-21(4)19(16-20)14-12-10-8-6-5-7-9-11-13-15-19/h5-17,20H2,1-4H3. The first-order valence-electron chi connectivity index (χ1n) is 9.31. The molecule has 0 aromatic rings. The molecule has 0 unspecified atom stereocenters. The van der Waals surface area contributed by atoms with Crippen molar-refractivity contribution in [2.45, 2.75) is 96.9 Å². The van der Waals surface area contributed by atoms with Crippen LogP contribution in [0, 0.1) is 5.41 Å². The van der Waals surface area contributed by atoms with Crippen molar-refractivity contribution in [2.24, 2.45) is 11.1 Å². The Hall–Kier alpha value is -0.0800. The monoisotopic (exact) mass is 296 g/mol. The summed E-state index contributed by atoms with van der Waals surface area (Å²) >= 11 is 0. The van der Waals surface area contributed by atoms with Gasteiger partial charge in [-0.2, -0.15) is 0 Å². The first-order valence-corrected chi connectivity index (χ1v) is 9.31. The van der Waals surface area contributed by atoms with Gasteiger partial charge in [-0.1, -0.05) is 78.6 Å². The van der Waals surface area contributed by atoms with E-state index in [-0.39, 0.29) is 5.54 Å². The molecular formula is C19H40N2. The van der Waals surface area contributed by atoms with Crippen molar-refractivity contribution in [2.75, 3.05) is 20.1 Å². The van der Waals surface area contributed by atoms with Crippen LogP contribution in [0.15, 0.2) is 0 Å². The highest BCUT2D eigenvalue weighted by Crippen LogP contribution is 2.31. The van der Waals surface area contributed by atoms with Gasteiger partial charge in [-0.05, 0) is 25.3 Å². The lowest BCUT2D eigenvalue weighted by atomic mass is 9.82. The largest absolute Gasteiger partial charge is 0.329 e. The van der Waals surface area contributed by atoms with E-state index in [9.17, 15) is 0 Å². The fraction of sp³-hybridized carbons (Fsp3) is 1.00. The molecule has 0 aromatic carbocycles. The van der Waals surface area contributed by atoms with Crippen LogP contribution in [0.3, 0.4) is 0 Å². The molecule has 0 bridgehead atoms. The Labute approximate surface area is 133 Å². The molecular weight excluding hydrogens is 256 g/mol. The topological polar surface area (TPSA) is 29.3 Å². The summed E-state index contributed by atoms with van der Waals surface area (Å²) in [5.74, 6) is 0. The first kappa shape index (κ1) is 19.0. The van der Waals surface area contributed by atoms with Crippen molar-refractivity contribution < 1.29 is 0 Å². The summed E-state index contributed by atoms with van der Waals surface area (Å²) in [5, 5.41) is 0. The minimum absolute atomic E-state index is 0.243. The summed E-state index contributed by atoms with van der Waals surface area (Å²) in [6, 6.07) is 0. The van der Waals surface area contributed by atoms with Crippen LogP contribution in [-0.2, 0) is 0 Å². The Kier molecular flexibility index (Phi) is 8.26. The third-order valence-corrected chi connectivity index (χ3v) is 5.19. The van der Waals surface area contributed by atoms with Crippen molar-refractivity contribution in [3.8, 4) is 0 Å². The molecule has 0 radical (unpaired) electrons. The van der Waals surface area contributed by atoms with Gasteiger partial charge in [-0.3, -0.25) is 4.90 Å². The fourth-order valence-electron chi connectivity index (χ4n) is 3.89. The van der Waals surface area contributed by atoms with Crippen LogP contribution in [0.2, 0.25) is 0 Å². The van der Waals surface area contributed by atoms with Gasteiger partial charge >= 0.3 is 0 Å². The molecule has 0 aromatic heterocycles. The molecule has 21 heavy (non-hydrogen) atoms. The van der Waals surface area contributed by atoms with Crippen molar-refractivity contribution in [3.63, 3.8) is 0 Å². The van der Waals surface area contributed by atoms with Gasteiger partial charge in [0.15, 0.2) is 0 Å². The van der Waals surface area contributed by atoms with E-state index in [1.165, 1.54) is 70.6 Å². The molecule has 0 amide bonds. The predicted molar refractivity (Wildman–Crippen MR) is 94.7 cm³/mol. The summed E-state index contributed by atoms with van der Waals surface area (Å²) in [6.45, 7) is 8.97. The van der Waals surface area contributed by atoms with Gasteiger partial charge in [-0.15, -0.1) is 0 Å². The average molecular weight is 297 g/mol. The van der Waals surface area contributed by atoms with E-state index in [1.54, 1.807) is 0 Å². The zero-order valence-electron chi connectivity index (χ0n) is 15.2. The van der Waals surface area contributed by atoms with Crippen molar-refractivity contribution in [3.05, 3.63) is 0 Å². The molecule has 1 aliphatic rings. The normalized spacial score (nSPS) is 22.6. The second-order valence-electron chi connectivity index (χ2n) is 8.53. The minimum atomic E-state index is 0.243.